The van der Waals surface area contributed by atoms with Crippen molar-refractivity contribution in [3.8, 4) is 0 Å². The summed E-state index contributed by atoms with van der Waals surface area (Å²) in [4.78, 5) is 2.47. The van der Waals surface area contributed by atoms with Crippen LogP contribution in [0.4, 0.5) is 5.69 Å². The van der Waals surface area contributed by atoms with E-state index in [-0.39, 0.29) is 17.5 Å². The Bertz CT molecular complexity index is 589. The second kappa shape index (κ2) is 6.74. The fourth-order valence-corrected chi connectivity index (χ4v) is 3.73. The van der Waals surface area contributed by atoms with Crippen LogP contribution in [-0.4, -0.2) is 52.2 Å². The van der Waals surface area contributed by atoms with E-state index in [1.54, 1.807) is 25.1 Å². The average Bonchev–Trinajstić information content (AvgIpc) is 2.48. The Kier molecular flexibility index (Phi) is 5.21. The fraction of sp³-hybridized carbons (Fsp3) is 0.571. The van der Waals surface area contributed by atoms with Crippen LogP contribution in [-0.2, 0) is 14.8 Å². The van der Waals surface area contributed by atoms with Gasteiger partial charge in [0.1, 0.15) is 0 Å². The summed E-state index contributed by atoms with van der Waals surface area (Å²) in [6.07, 6.45) is -0.116. The molecule has 1 unspecified atom stereocenters. The molecule has 2 rings (SSSR count). The molecule has 0 spiro atoms. The van der Waals surface area contributed by atoms with Crippen molar-refractivity contribution in [2.75, 3.05) is 38.5 Å². The molecule has 1 heterocycles. The predicted octanol–water partition coefficient (Wildman–Crippen LogP) is 0.576. The number of nitrogen functional groups attached to an aromatic ring is 1. The van der Waals surface area contributed by atoms with Gasteiger partial charge in [0.25, 0.3) is 0 Å². The van der Waals surface area contributed by atoms with Gasteiger partial charge in [0.05, 0.1) is 17.6 Å². The summed E-state index contributed by atoms with van der Waals surface area (Å²) in [7, 11) is -3.57. The first-order valence-electron chi connectivity index (χ1n) is 7.12. The van der Waals surface area contributed by atoms with Crippen LogP contribution < -0.4 is 10.5 Å². The molecule has 118 valence electrons. The zero-order valence-corrected chi connectivity index (χ0v) is 13.3. The summed E-state index contributed by atoms with van der Waals surface area (Å²) >= 11 is 0. The second-order valence-electron chi connectivity index (χ2n) is 5.21. The van der Waals surface area contributed by atoms with Gasteiger partial charge in [-0.3, -0.25) is 4.90 Å². The number of rotatable bonds is 5. The zero-order chi connectivity index (χ0) is 15.5. The average molecular weight is 313 g/mol. The summed E-state index contributed by atoms with van der Waals surface area (Å²) in [6, 6.07) is 4.90. The molecule has 3 N–H and O–H groups in total. The summed E-state index contributed by atoms with van der Waals surface area (Å²) in [5.74, 6) is 0. The van der Waals surface area contributed by atoms with Gasteiger partial charge >= 0.3 is 0 Å². The number of benzene rings is 1. The minimum Gasteiger partial charge on any atom is -0.398 e. The van der Waals surface area contributed by atoms with Crippen molar-refractivity contribution < 1.29 is 13.2 Å². The van der Waals surface area contributed by atoms with Crippen LogP contribution in [0.2, 0.25) is 0 Å². The smallest absolute Gasteiger partial charge is 0.240 e. The molecule has 0 aromatic heterocycles. The molecule has 1 fully saturated rings. The highest BCUT2D eigenvalue weighted by molar-refractivity contribution is 7.89. The normalized spacial score (nSPS) is 20.6. The molecule has 1 aliphatic heterocycles. The molecule has 0 bridgehead atoms. The number of likely N-dealkylation sites (N-methyl/N-ethyl adjacent to an activating group) is 1. The Morgan fingerprint density at radius 2 is 2.24 bits per heavy atom. The van der Waals surface area contributed by atoms with E-state index in [4.69, 9.17) is 10.5 Å². The number of nitrogens with zero attached hydrogens (tertiary/aromatic N) is 1. The molecule has 6 nitrogen and oxygen atoms in total. The SMILES string of the molecule is CCN1CCOC(CNS(=O)(=O)c2cccc(N)c2C)C1. The Labute approximate surface area is 126 Å². The monoisotopic (exact) mass is 313 g/mol. The van der Waals surface area contributed by atoms with E-state index in [9.17, 15) is 8.42 Å². The molecule has 1 saturated heterocycles. The van der Waals surface area contributed by atoms with Gasteiger partial charge in [-0.25, -0.2) is 13.1 Å². The van der Waals surface area contributed by atoms with Gasteiger partial charge in [0, 0.05) is 25.3 Å². The third kappa shape index (κ3) is 3.94. The number of sulfonamides is 1. The lowest BCUT2D eigenvalue weighted by molar-refractivity contribution is -0.0229. The van der Waals surface area contributed by atoms with Gasteiger partial charge in [0.2, 0.25) is 10.0 Å². The topological polar surface area (TPSA) is 84.7 Å². The maximum absolute atomic E-state index is 12.4. The maximum atomic E-state index is 12.4. The standard InChI is InChI=1S/C14H23N3O3S/c1-3-17-7-8-20-12(10-17)9-16-21(18,19)14-6-4-5-13(15)11(14)2/h4-6,12,16H,3,7-10,15H2,1-2H3. The molecule has 0 aliphatic carbocycles. The lowest BCUT2D eigenvalue weighted by Crippen LogP contribution is -2.47. The number of nitrogens with one attached hydrogen (secondary N) is 1. The minimum absolute atomic E-state index is 0.116. The number of morpholine rings is 1. The number of anilines is 1. The highest BCUT2D eigenvalue weighted by Crippen LogP contribution is 2.20. The predicted molar refractivity (Wildman–Crippen MR) is 82.6 cm³/mol. The summed E-state index contributed by atoms with van der Waals surface area (Å²) in [5.41, 5.74) is 6.82. The maximum Gasteiger partial charge on any atom is 0.240 e. The van der Waals surface area contributed by atoms with E-state index < -0.39 is 10.0 Å². The lowest BCUT2D eigenvalue weighted by Gasteiger charge is -2.32. The van der Waals surface area contributed by atoms with Crippen molar-refractivity contribution in [1.82, 2.24) is 9.62 Å². The Balaban J connectivity index is 2.03. The van der Waals surface area contributed by atoms with E-state index in [1.807, 2.05) is 0 Å². The van der Waals surface area contributed by atoms with Gasteiger partial charge < -0.3 is 10.5 Å². The first-order valence-corrected chi connectivity index (χ1v) is 8.61. The van der Waals surface area contributed by atoms with Gasteiger partial charge in [-0.15, -0.1) is 0 Å². The molecule has 1 aliphatic rings. The van der Waals surface area contributed by atoms with Crippen molar-refractivity contribution in [1.29, 1.82) is 0 Å². The van der Waals surface area contributed by atoms with Crippen LogP contribution in [0.25, 0.3) is 0 Å². The molecule has 1 aromatic rings. The molecular weight excluding hydrogens is 290 g/mol. The molecule has 7 heteroatoms. The molecule has 21 heavy (non-hydrogen) atoms. The number of hydrogen-bond acceptors (Lipinski definition) is 5. The molecular formula is C14H23N3O3S. The lowest BCUT2D eigenvalue weighted by atomic mass is 10.2. The highest BCUT2D eigenvalue weighted by atomic mass is 32.2. The van der Waals surface area contributed by atoms with Crippen LogP contribution in [0, 0.1) is 6.92 Å². The summed E-state index contributed by atoms with van der Waals surface area (Å²) in [5, 5.41) is 0. The Morgan fingerprint density at radius 1 is 1.48 bits per heavy atom. The highest BCUT2D eigenvalue weighted by Gasteiger charge is 2.23. The molecule has 1 atom stereocenters. The van der Waals surface area contributed by atoms with Crippen molar-refractivity contribution in [3.63, 3.8) is 0 Å². The van der Waals surface area contributed by atoms with E-state index in [1.165, 1.54) is 0 Å². The molecule has 1 aromatic carbocycles. The third-order valence-electron chi connectivity index (χ3n) is 3.79. The van der Waals surface area contributed by atoms with E-state index >= 15 is 0 Å². The molecule has 0 radical (unpaired) electrons. The summed E-state index contributed by atoms with van der Waals surface area (Å²) in [6.45, 7) is 7.29. The fourth-order valence-electron chi connectivity index (χ4n) is 2.39. The van der Waals surface area contributed by atoms with Gasteiger partial charge in [-0.05, 0) is 31.2 Å². The first kappa shape index (κ1) is 16.2. The third-order valence-corrected chi connectivity index (χ3v) is 5.35. The van der Waals surface area contributed by atoms with Gasteiger partial charge in [0.15, 0.2) is 0 Å². The second-order valence-corrected chi connectivity index (χ2v) is 6.94. The van der Waals surface area contributed by atoms with E-state index in [0.29, 0.717) is 17.9 Å². The van der Waals surface area contributed by atoms with Gasteiger partial charge in [-0.1, -0.05) is 13.0 Å². The van der Waals surface area contributed by atoms with Crippen LogP contribution in [0.15, 0.2) is 23.1 Å². The van der Waals surface area contributed by atoms with Crippen molar-refractivity contribution in [2.24, 2.45) is 0 Å². The zero-order valence-electron chi connectivity index (χ0n) is 12.5. The van der Waals surface area contributed by atoms with Gasteiger partial charge in [-0.2, -0.15) is 0 Å². The minimum atomic E-state index is -3.57. The van der Waals surface area contributed by atoms with Crippen molar-refractivity contribution >= 4 is 15.7 Å². The van der Waals surface area contributed by atoms with Crippen LogP contribution in [0.5, 0.6) is 0 Å². The molecule has 0 saturated carbocycles. The number of nitrogens with two attached hydrogens (primary N) is 1. The Morgan fingerprint density at radius 3 is 2.95 bits per heavy atom. The quantitative estimate of drug-likeness (QED) is 0.777. The number of hydrogen-bond donors (Lipinski definition) is 2. The Hall–Kier alpha value is -1.15. The van der Waals surface area contributed by atoms with Crippen LogP contribution in [0.1, 0.15) is 12.5 Å². The van der Waals surface area contributed by atoms with E-state index in [0.717, 1.165) is 19.6 Å². The van der Waals surface area contributed by atoms with Crippen molar-refractivity contribution in [2.45, 2.75) is 24.8 Å². The van der Waals surface area contributed by atoms with Crippen molar-refractivity contribution in [3.05, 3.63) is 23.8 Å². The largest absolute Gasteiger partial charge is 0.398 e. The van der Waals surface area contributed by atoms with E-state index in [2.05, 4.69) is 16.5 Å². The summed E-state index contributed by atoms with van der Waals surface area (Å²) < 4.78 is 33.0. The molecule has 0 amide bonds. The first-order chi connectivity index (χ1) is 9.94. The number of ether oxygens (including phenoxy) is 1. The van der Waals surface area contributed by atoms with Crippen LogP contribution >= 0.6 is 0 Å². The van der Waals surface area contributed by atoms with Crippen LogP contribution in [0.3, 0.4) is 0 Å².